The fourth-order valence-electron chi connectivity index (χ4n) is 4.71. The van der Waals surface area contributed by atoms with Gasteiger partial charge in [-0.25, -0.2) is 4.68 Å². The number of amides is 1. The van der Waals surface area contributed by atoms with Crippen molar-refractivity contribution in [3.05, 3.63) is 41.2 Å². The third-order valence-corrected chi connectivity index (χ3v) is 6.21. The molecule has 4 rings (SSSR count). The number of likely N-dealkylation sites (tertiary alicyclic amines) is 2. The van der Waals surface area contributed by atoms with Crippen LogP contribution in [-0.2, 0) is 0 Å². The molecule has 168 valence electrons. The molecule has 2 aromatic rings. The minimum absolute atomic E-state index is 0.0659. The number of ether oxygens (including phenoxy) is 1. The molecule has 2 aliphatic heterocycles. The van der Waals surface area contributed by atoms with Crippen LogP contribution in [0.4, 0.5) is 13.2 Å². The van der Waals surface area contributed by atoms with E-state index in [4.69, 9.17) is 0 Å². The Morgan fingerprint density at radius 3 is 2.42 bits per heavy atom. The number of carbonyl (C=O) groups excluding carboxylic acids is 1. The van der Waals surface area contributed by atoms with Crippen LogP contribution < -0.4 is 4.74 Å². The van der Waals surface area contributed by atoms with Crippen LogP contribution in [0.25, 0.3) is 5.69 Å². The Morgan fingerprint density at radius 1 is 1.10 bits per heavy atom. The quantitative estimate of drug-likeness (QED) is 0.725. The van der Waals surface area contributed by atoms with Gasteiger partial charge in [0.2, 0.25) is 0 Å². The van der Waals surface area contributed by atoms with Crippen molar-refractivity contribution in [1.29, 1.82) is 0 Å². The summed E-state index contributed by atoms with van der Waals surface area (Å²) in [7, 11) is 0. The maximum Gasteiger partial charge on any atom is 0.573 e. The molecular weight excluding hydrogens is 409 g/mol. The fourth-order valence-corrected chi connectivity index (χ4v) is 4.71. The van der Waals surface area contributed by atoms with E-state index in [1.807, 2.05) is 4.90 Å². The molecule has 6 nitrogen and oxygen atoms in total. The summed E-state index contributed by atoms with van der Waals surface area (Å²) in [5.74, 6) is -0.391. The van der Waals surface area contributed by atoms with Gasteiger partial charge in [-0.15, -0.1) is 13.2 Å². The molecule has 2 aliphatic rings. The van der Waals surface area contributed by atoms with E-state index in [2.05, 4.69) is 14.7 Å². The van der Waals surface area contributed by atoms with Crippen molar-refractivity contribution in [3.63, 3.8) is 0 Å². The molecule has 9 heteroatoms. The highest BCUT2D eigenvalue weighted by atomic mass is 19.4. The smallest absolute Gasteiger partial charge is 0.406 e. The number of nitrogens with zero attached hydrogens (tertiary/aromatic N) is 4. The number of hydrogen-bond acceptors (Lipinski definition) is 4. The van der Waals surface area contributed by atoms with Crippen molar-refractivity contribution in [2.24, 2.45) is 0 Å². The summed E-state index contributed by atoms with van der Waals surface area (Å²) in [6, 6.07) is 6.16. The first-order valence-corrected chi connectivity index (χ1v) is 10.7. The number of benzene rings is 1. The highest BCUT2D eigenvalue weighted by Crippen LogP contribution is 2.27. The summed E-state index contributed by atoms with van der Waals surface area (Å²) < 4.78 is 43.2. The van der Waals surface area contributed by atoms with E-state index < -0.39 is 6.36 Å². The van der Waals surface area contributed by atoms with Crippen LogP contribution in [-0.4, -0.2) is 64.1 Å². The molecule has 0 aliphatic carbocycles. The zero-order chi connectivity index (χ0) is 22.2. The highest BCUT2D eigenvalue weighted by Gasteiger charge is 2.32. The van der Waals surface area contributed by atoms with Gasteiger partial charge in [-0.1, -0.05) is 6.07 Å². The van der Waals surface area contributed by atoms with E-state index >= 15 is 0 Å². The average Bonchev–Trinajstić information content (AvgIpc) is 3.35. The van der Waals surface area contributed by atoms with Gasteiger partial charge in [-0.3, -0.25) is 4.79 Å². The van der Waals surface area contributed by atoms with Gasteiger partial charge < -0.3 is 14.5 Å². The van der Waals surface area contributed by atoms with Gasteiger partial charge in [-0.2, -0.15) is 5.10 Å². The van der Waals surface area contributed by atoms with Gasteiger partial charge >= 0.3 is 6.36 Å². The number of halogens is 3. The first-order chi connectivity index (χ1) is 14.7. The Morgan fingerprint density at radius 2 is 1.77 bits per heavy atom. The summed E-state index contributed by atoms with van der Waals surface area (Å²) in [6.07, 6.45) is -0.322. The minimum Gasteiger partial charge on any atom is -0.406 e. The van der Waals surface area contributed by atoms with Crippen molar-refractivity contribution in [3.8, 4) is 11.4 Å². The lowest BCUT2D eigenvalue weighted by atomic mass is 10.0. The molecule has 0 spiro atoms. The molecule has 1 amide bonds. The Labute approximate surface area is 179 Å². The van der Waals surface area contributed by atoms with E-state index in [0.29, 0.717) is 41.8 Å². The van der Waals surface area contributed by atoms with Crippen molar-refractivity contribution < 1.29 is 22.7 Å². The lowest BCUT2D eigenvalue weighted by Crippen LogP contribution is -2.46. The number of carbonyl (C=O) groups is 1. The van der Waals surface area contributed by atoms with Crippen LogP contribution in [0.3, 0.4) is 0 Å². The topological polar surface area (TPSA) is 50.6 Å². The van der Waals surface area contributed by atoms with Crippen molar-refractivity contribution in [2.45, 2.75) is 51.9 Å². The number of aromatic nitrogens is 2. The molecule has 0 N–H and O–H groups in total. The monoisotopic (exact) mass is 436 g/mol. The fraction of sp³-hybridized carbons (Fsp3) is 0.545. The van der Waals surface area contributed by atoms with Gasteiger partial charge in [0, 0.05) is 25.2 Å². The Balaban J connectivity index is 1.51. The second kappa shape index (κ2) is 8.53. The van der Waals surface area contributed by atoms with Gasteiger partial charge in [-0.05, 0) is 64.8 Å². The van der Waals surface area contributed by atoms with Gasteiger partial charge in [0.1, 0.15) is 5.75 Å². The largest absolute Gasteiger partial charge is 0.573 e. The Kier molecular flexibility index (Phi) is 5.96. The molecule has 0 unspecified atom stereocenters. The average molecular weight is 436 g/mol. The molecule has 31 heavy (non-hydrogen) atoms. The van der Waals surface area contributed by atoms with E-state index in [1.54, 1.807) is 19.9 Å². The maximum atomic E-state index is 13.3. The Hall–Kier alpha value is -2.55. The van der Waals surface area contributed by atoms with Crippen LogP contribution in [0, 0.1) is 13.8 Å². The van der Waals surface area contributed by atoms with E-state index in [9.17, 15) is 18.0 Å². The standard InChI is InChI=1S/C22H27F3N4O2/c1-15-20(21(30)28-12-8-17(9-13-28)27-10-3-4-11-27)16(2)29(26-15)18-6-5-7-19(14-18)31-22(23,24)25/h5-7,14,17H,3-4,8-13H2,1-2H3. The summed E-state index contributed by atoms with van der Waals surface area (Å²) >= 11 is 0. The normalized spacial score (nSPS) is 18.5. The number of aryl methyl sites for hydroxylation is 1. The van der Waals surface area contributed by atoms with E-state index in [0.717, 1.165) is 25.9 Å². The molecule has 1 aromatic carbocycles. The molecule has 0 bridgehead atoms. The lowest BCUT2D eigenvalue weighted by Gasteiger charge is -2.36. The number of rotatable bonds is 4. The van der Waals surface area contributed by atoms with E-state index in [-0.39, 0.29) is 11.7 Å². The third kappa shape index (κ3) is 4.71. The first-order valence-electron chi connectivity index (χ1n) is 10.7. The molecule has 1 aromatic heterocycles. The van der Waals surface area contributed by atoms with Gasteiger partial charge in [0.25, 0.3) is 5.91 Å². The van der Waals surface area contributed by atoms with Crippen molar-refractivity contribution in [1.82, 2.24) is 19.6 Å². The number of alkyl halides is 3. The number of hydrogen-bond donors (Lipinski definition) is 0. The Bertz CT molecular complexity index is 943. The second-order valence-corrected chi connectivity index (χ2v) is 8.27. The van der Waals surface area contributed by atoms with Gasteiger partial charge in [0.15, 0.2) is 0 Å². The second-order valence-electron chi connectivity index (χ2n) is 8.27. The first kappa shape index (κ1) is 21.7. The van der Waals surface area contributed by atoms with Crippen LogP contribution in [0.15, 0.2) is 24.3 Å². The molecule has 0 atom stereocenters. The van der Waals surface area contributed by atoms with Crippen LogP contribution in [0.2, 0.25) is 0 Å². The molecule has 2 fully saturated rings. The summed E-state index contributed by atoms with van der Waals surface area (Å²) in [5.41, 5.74) is 2.09. The molecule has 0 saturated carbocycles. The third-order valence-electron chi connectivity index (χ3n) is 6.21. The molecule has 2 saturated heterocycles. The predicted octanol–water partition coefficient (Wildman–Crippen LogP) is 4.09. The zero-order valence-corrected chi connectivity index (χ0v) is 17.8. The lowest BCUT2D eigenvalue weighted by molar-refractivity contribution is -0.274. The summed E-state index contributed by atoms with van der Waals surface area (Å²) in [5, 5.41) is 4.44. The van der Waals surface area contributed by atoms with Crippen molar-refractivity contribution in [2.75, 3.05) is 26.2 Å². The predicted molar refractivity (Wildman–Crippen MR) is 109 cm³/mol. The minimum atomic E-state index is -4.77. The van der Waals surface area contributed by atoms with Crippen molar-refractivity contribution >= 4 is 5.91 Å². The summed E-state index contributed by atoms with van der Waals surface area (Å²) in [6.45, 7) is 7.24. The van der Waals surface area contributed by atoms with E-state index in [1.165, 1.54) is 35.7 Å². The van der Waals surface area contributed by atoms with Crippen LogP contribution in [0.1, 0.15) is 47.4 Å². The maximum absolute atomic E-state index is 13.3. The summed E-state index contributed by atoms with van der Waals surface area (Å²) in [4.78, 5) is 17.7. The molecular formula is C22H27F3N4O2. The highest BCUT2D eigenvalue weighted by molar-refractivity contribution is 5.96. The van der Waals surface area contributed by atoms with Crippen LogP contribution in [0.5, 0.6) is 5.75 Å². The van der Waals surface area contributed by atoms with Crippen LogP contribution >= 0.6 is 0 Å². The van der Waals surface area contributed by atoms with Gasteiger partial charge in [0.05, 0.1) is 22.6 Å². The molecule has 0 radical (unpaired) electrons. The zero-order valence-electron chi connectivity index (χ0n) is 17.8. The molecule has 3 heterocycles. The number of piperidine rings is 1. The SMILES string of the molecule is Cc1nn(-c2cccc(OC(F)(F)F)c2)c(C)c1C(=O)N1CCC(N2CCCC2)CC1.